The topological polar surface area (TPSA) is 41.3 Å². The highest BCUT2D eigenvalue weighted by molar-refractivity contribution is 5.25. The number of hydrogen-bond acceptors (Lipinski definition) is 3. The predicted octanol–water partition coefficient (Wildman–Crippen LogP) is 1.79. The van der Waals surface area contributed by atoms with Gasteiger partial charge in [-0.05, 0) is 23.5 Å². The lowest BCUT2D eigenvalue weighted by molar-refractivity contribution is 0.199. The number of nitrogens with two attached hydrogens (primary N) is 1. The van der Waals surface area contributed by atoms with Crippen molar-refractivity contribution >= 4 is 0 Å². The lowest BCUT2D eigenvalue weighted by Crippen LogP contribution is -2.46. The van der Waals surface area contributed by atoms with Crippen LogP contribution in [-0.4, -0.2) is 37.6 Å². The summed E-state index contributed by atoms with van der Waals surface area (Å²) in [6.07, 6.45) is 1.09. The maximum absolute atomic E-state index is 6.40. The zero-order valence-electron chi connectivity index (χ0n) is 12.2. The van der Waals surface area contributed by atoms with Crippen LogP contribution in [0.25, 0.3) is 0 Å². The van der Waals surface area contributed by atoms with Gasteiger partial charge in [0, 0.05) is 38.8 Å². The van der Waals surface area contributed by atoms with E-state index in [1.165, 1.54) is 11.1 Å². The third-order valence-corrected chi connectivity index (χ3v) is 4.14. The highest BCUT2D eigenvalue weighted by Crippen LogP contribution is 2.21. The molecule has 0 radical (unpaired) electrons. The molecule has 1 aliphatic heterocycles. The zero-order chi connectivity index (χ0) is 13.7. The van der Waals surface area contributed by atoms with E-state index in [-0.39, 0.29) is 6.04 Å². The second-order valence-corrected chi connectivity index (χ2v) is 5.65. The minimum atomic E-state index is 0.140. The maximum Gasteiger partial charge on any atom is 0.0333 e. The smallest absolute Gasteiger partial charge is 0.0333 e. The highest BCUT2D eigenvalue weighted by atomic mass is 15.2. The average molecular weight is 261 g/mol. The number of hydrogen-bond donors (Lipinski definition) is 2. The van der Waals surface area contributed by atoms with Crippen molar-refractivity contribution in [3.8, 4) is 0 Å². The normalized spacial score (nSPS) is 20.2. The van der Waals surface area contributed by atoms with Crippen molar-refractivity contribution in [1.82, 2.24) is 10.2 Å². The van der Waals surface area contributed by atoms with Crippen molar-refractivity contribution in [2.24, 2.45) is 11.7 Å². The molecule has 2 rings (SSSR count). The summed E-state index contributed by atoms with van der Waals surface area (Å²) in [5.74, 6) is 0.491. The molecule has 2 atom stereocenters. The molecule has 3 nitrogen and oxygen atoms in total. The summed E-state index contributed by atoms with van der Waals surface area (Å²) in [7, 11) is 0. The molecule has 106 valence electrons. The molecule has 1 fully saturated rings. The maximum atomic E-state index is 6.40. The van der Waals surface area contributed by atoms with Gasteiger partial charge < -0.3 is 16.0 Å². The first-order valence-corrected chi connectivity index (χ1v) is 7.48. The first kappa shape index (κ1) is 14.5. The SMILES string of the molecule is CCc1ccc(C(N)C(C)CN2CCNCC2)cc1. The van der Waals surface area contributed by atoms with Gasteiger partial charge in [-0.25, -0.2) is 0 Å². The zero-order valence-corrected chi connectivity index (χ0v) is 12.2. The Morgan fingerprint density at radius 2 is 1.84 bits per heavy atom. The third-order valence-electron chi connectivity index (χ3n) is 4.14. The van der Waals surface area contributed by atoms with Crippen LogP contribution in [0, 0.1) is 5.92 Å². The van der Waals surface area contributed by atoms with Gasteiger partial charge in [0.2, 0.25) is 0 Å². The van der Waals surface area contributed by atoms with E-state index in [0.29, 0.717) is 5.92 Å². The number of nitrogens with one attached hydrogen (secondary N) is 1. The van der Waals surface area contributed by atoms with Crippen molar-refractivity contribution < 1.29 is 0 Å². The van der Waals surface area contributed by atoms with Crippen molar-refractivity contribution in [3.05, 3.63) is 35.4 Å². The Hall–Kier alpha value is -0.900. The molecule has 1 aromatic carbocycles. The van der Waals surface area contributed by atoms with Gasteiger partial charge in [0.05, 0.1) is 0 Å². The summed E-state index contributed by atoms with van der Waals surface area (Å²) in [5.41, 5.74) is 9.05. The monoisotopic (exact) mass is 261 g/mol. The molecular weight excluding hydrogens is 234 g/mol. The Kier molecular flexibility index (Phi) is 5.37. The Balaban J connectivity index is 1.91. The van der Waals surface area contributed by atoms with Gasteiger partial charge in [0.15, 0.2) is 0 Å². The molecule has 0 aromatic heterocycles. The lowest BCUT2D eigenvalue weighted by atomic mass is 9.94. The molecule has 1 aromatic rings. The summed E-state index contributed by atoms with van der Waals surface area (Å²) in [6.45, 7) is 10.0. The van der Waals surface area contributed by atoms with Gasteiger partial charge in [0.1, 0.15) is 0 Å². The van der Waals surface area contributed by atoms with E-state index in [1.807, 2.05) is 0 Å². The number of benzene rings is 1. The Bertz CT molecular complexity index is 368. The molecule has 3 N–H and O–H groups in total. The summed E-state index contributed by atoms with van der Waals surface area (Å²) in [4.78, 5) is 2.52. The molecule has 2 unspecified atom stereocenters. The molecule has 1 saturated heterocycles. The predicted molar refractivity (Wildman–Crippen MR) is 81.2 cm³/mol. The molecule has 3 heteroatoms. The Morgan fingerprint density at radius 1 is 1.21 bits per heavy atom. The molecule has 1 aliphatic rings. The highest BCUT2D eigenvalue weighted by Gasteiger charge is 2.19. The fourth-order valence-corrected chi connectivity index (χ4v) is 2.72. The molecule has 0 amide bonds. The fraction of sp³-hybridized carbons (Fsp3) is 0.625. The van der Waals surface area contributed by atoms with Gasteiger partial charge in [-0.2, -0.15) is 0 Å². The van der Waals surface area contributed by atoms with Crippen LogP contribution < -0.4 is 11.1 Å². The minimum Gasteiger partial charge on any atom is -0.324 e. The molecule has 0 aliphatic carbocycles. The van der Waals surface area contributed by atoms with Crippen LogP contribution in [0.3, 0.4) is 0 Å². The number of nitrogens with zero attached hydrogens (tertiary/aromatic N) is 1. The summed E-state index contributed by atoms with van der Waals surface area (Å²) in [5, 5.41) is 3.39. The fourth-order valence-electron chi connectivity index (χ4n) is 2.72. The average Bonchev–Trinajstić information content (AvgIpc) is 2.47. The van der Waals surface area contributed by atoms with Crippen LogP contribution in [0.4, 0.5) is 0 Å². The molecular formula is C16H27N3. The van der Waals surface area contributed by atoms with Gasteiger partial charge in [-0.15, -0.1) is 0 Å². The van der Waals surface area contributed by atoms with E-state index >= 15 is 0 Å². The standard InChI is InChI=1S/C16H27N3/c1-3-14-4-6-15(7-5-14)16(17)13(2)12-19-10-8-18-9-11-19/h4-7,13,16,18H,3,8-12,17H2,1-2H3. The van der Waals surface area contributed by atoms with Gasteiger partial charge in [0.25, 0.3) is 0 Å². The lowest BCUT2D eigenvalue weighted by Gasteiger charge is -2.31. The second kappa shape index (κ2) is 7.04. The van der Waals surface area contributed by atoms with E-state index in [0.717, 1.165) is 39.1 Å². The van der Waals surface area contributed by atoms with E-state index in [2.05, 4.69) is 48.3 Å². The van der Waals surface area contributed by atoms with E-state index < -0.39 is 0 Å². The van der Waals surface area contributed by atoms with Gasteiger partial charge >= 0.3 is 0 Å². The van der Waals surface area contributed by atoms with Crippen LogP contribution in [0.1, 0.15) is 31.0 Å². The second-order valence-electron chi connectivity index (χ2n) is 5.65. The van der Waals surface area contributed by atoms with Crippen LogP contribution in [0.15, 0.2) is 24.3 Å². The first-order chi connectivity index (χ1) is 9.20. The van der Waals surface area contributed by atoms with Crippen molar-refractivity contribution in [2.45, 2.75) is 26.3 Å². The van der Waals surface area contributed by atoms with Crippen molar-refractivity contribution in [3.63, 3.8) is 0 Å². The molecule has 19 heavy (non-hydrogen) atoms. The van der Waals surface area contributed by atoms with E-state index in [1.54, 1.807) is 0 Å². The van der Waals surface area contributed by atoms with Gasteiger partial charge in [-0.3, -0.25) is 0 Å². The number of rotatable bonds is 5. The summed E-state index contributed by atoms with van der Waals surface area (Å²) in [6, 6.07) is 8.93. The van der Waals surface area contributed by atoms with Crippen LogP contribution in [0.5, 0.6) is 0 Å². The van der Waals surface area contributed by atoms with E-state index in [9.17, 15) is 0 Å². The number of piperazine rings is 1. The van der Waals surface area contributed by atoms with E-state index in [4.69, 9.17) is 5.73 Å². The first-order valence-electron chi connectivity index (χ1n) is 7.48. The third kappa shape index (κ3) is 4.03. The van der Waals surface area contributed by atoms with Gasteiger partial charge in [-0.1, -0.05) is 38.1 Å². The molecule has 0 bridgehead atoms. The van der Waals surface area contributed by atoms with Crippen molar-refractivity contribution in [1.29, 1.82) is 0 Å². The Labute approximate surface area is 117 Å². The molecule has 0 spiro atoms. The molecule has 0 saturated carbocycles. The number of aryl methyl sites for hydroxylation is 1. The summed E-state index contributed by atoms with van der Waals surface area (Å²) < 4.78 is 0. The Morgan fingerprint density at radius 3 is 2.42 bits per heavy atom. The van der Waals surface area contributed by atoms with Crippen LogP contribution >= 0.6 is 0 Å². The van der Waals surface area contributed by atoms with Crippen molar-refractivity contribution in [2.75, 3.05) is 32.7 Å². The van der Waals surface area contributed by atoms with Crippen LogP contribution in [-0.2, 0) is 6.42 Å². The summed E-state index contributed by atoms with van der Waals surface area (Å²) >= 11 is 0. The minimum absolute atomic E-state index is 0.140. The quantitative estimate of drug-likeness (QED) is 0.849. The largest absolute Gasteiger partial charge is 0.324 e. The molecule has 1 heterocycles. The van der Waals surface area contributed by atoms with Crippen LogP contribution in [0.2, 0.25) is 0 Å².